The highest BCUT2D eigenvalue weighted by Crippen LogP contribution is 2.36. The Labute approximate surface area is 152 Å². The Morgan fingerprint density at radius 2 is 1.48 bits per heavy atom. The molecule has 0 aromatic rings. The molecule has 0 heterocycles. The summed E-state index contributed by atoms with van der Waals surface area (Å²) in [6.45, 7) is 18.3. The molecule has 7 heteroatoms. The second-order valence-electron chi connectivity index (χ2n) is 7.59. The number of hydrogen-bond donors (Lipinski definition) is 1. The normalized spacial score (nSPS) is 12.6. The molecule has 0 aliphatic heterocycles. The molecule has 0 aromatic heterocycles. The average molecular weight is 375 g/mol. The maximum Gasteiger partial charge on any atom is 0.350 e. The van der Waals surface area contributed by atoms with Crippen LogP contribution in [0.15, 0.2) is 12.2 Å². The van der Waals surface area contributed by atoms with Crippen LogP contribution >= 0.6 is 0 Å². The van der Waals surface area contributed by atoms with E-state index in [1.807, 2.05) is 0 Å². The van der Waals surface area contributed by atoms with E-state index in [9.17, 15) is 14.7 Å². The zero-order valence-electron chi connectivity index (χ0n) is 16.7. The maximum absolute atomic E-state index is 12.0. The first kappa shape index (κ1) is 23.8. The van der Waals surface area contributed by atoms with Crippen LogP contribution in [-0.2, 0) is 23.5 Å². The van der Waals surface area contributed by atoms with E-state index in [1.54, 1.807) is 13.8 Å². The van der Waals surface area contributed by atoms with Gasteiger partial charge in [-0.05, 0) is 38.4 Å². The van der Waals surface area contributed by atoms with E-state index in [4.69, 9.17) is 13.9 Å². The van der Waals surface area contributed by atoms with Crippen LogP contribution in [0.3, 0.4) is 0 Å². The van der Waals surface area contributed by atoms with Gasteiger partial charge in [-0.3, -0.25) is 0 Å². The van der Waals surface area contributed by atoms with E-state index in [-0.39, 0.29) is 24.7 Å². The third-order valence-electron chi connectivity index (χ3n) is 4.46. The Morgan fingerprint density at radius 3 is 1.84 bits per heavy atom. The second kappa shape index (κ2) is 9.50. The molecule has 25 heavy (non-hydrogen) atoms. The van der Waals surface area contributed by atoms with Crippen molar-refractivity contribution in [1.82, 2.24) is 0 Å². The van der Waals surface area contributed by atoms with Crippen LogP contribution < -0.4 is 0 Å². The molecule has 0 saturated carbocycles. The Kier molecular flexibility index (Phi) is 9.05. The van der Waals surface area contributed by atoms with Crippen molar-refractivity contribution < 1.29 is 28.6 Å². The van der Waals surface area contributed by atoms with Gasteiger partial charge in [0.2, 0.25) is 0 Å². The van der Waals surface area contributed by atoms with Crippen molar-refractivity contribution in [3.8, 4) is 0 Å². The van der Waals surface area contributed by atoms with Gasteiger partial charge in [0.15, 0.2) is 8.32 Å². The summed E-state index contributed by atoms with van der Waals surface area (Å²) < 4.78 is 15.7. The maximum atomic E-state index is 12.0. The molecular weight excluding hydrogens is 340 g/mol. The van der Waals surface area contributed by atoms with Gasteiger partial charge < -0.3 is 19.0 Å². The lowest BCUT2D eigenvalue weighted by Gasteiger charge is -2.36. The highest BCUT2D eigenvalue weighted by atomic mass is 28.4. The van der Waals surface area contributed by atoms with Crippen molar-refractivity contribution in [2.45, 2.75) is 71.2 Å². The first-order chi connectivity index (χ1) is 11.3. The monoisotopic (exact) mass is 374 g/mol. The largest absolute Gasteiger partial charge is 0.463 e. The third-order valence-corrected chi connectivity index (χ3v) is 8.99. The molecule has 0 aliphatic carbocycles. The molecule has 0 fully saturated rings. The fourth-order valence-electron chi connectivity index (χ4n) is 1.85. The SMILES string of the molecule is C=C(CCO[Si](C)(C)C(C)(C)C)CC(O)(C(=O)OCC)C(=O)OCC. The molecule has 0 saturated heterocycles. The molecule has 0 aliphatic rings. The summed E-state index contributed by atoms with van der Waals surface area (Å²) in [6, 6.07) is 0. The third kappa shape index (κ3) is 6.91. The van der Waals surface area contributed by atoms with Gasteiger partial charge in [-0.1, -0.05) is 32.9 Å². The summed E-state index contributed by atoms with van der Waals surface area (Å²) in [6.07, 6.45) is 0.194. The lowest BCUT2D eigenvalue weighted by molar-refractivity contribution is -0.183. The van der Waals surface area contributed by atoms with Crippen LogP contribution in [0.1, 0.15) is 47.5 Å². The molecule has 0 unspecified atom stereocenters. The highest BCUT2D eigenvalue weighted by molar-refractivity contribution is 6.74. The number of rotatable bonds is 10. The quantitative estimate of drug-likeness (QED) is 0.274. The summed E-state index contributed by atoms with van der Waals surface area (Å²) in [4.78, 5) is 24.1. The van der Waals surface area contributed by atoms with Crippen molar-refractivity contribution in [3.05, 3.63) is 12.2 Å². The van der Waals surface area contributed by atoms with Crippen LogP contribution in [0.25, 0.3) is 0 Å². The minimum absolute atomic E-state index is 0.0571. The van der Waals surface area contributed by atoms with E-state index >= 15 is 0 Å². The molecule has 0 spiro atoms. The van der Waals surface area contributed by atoms with E-state index in [2.05, 4.69) is 40.4 Å². The Hall–Kier alpha value is -1.18. The molecule has 0 aromatic carbocycles. The van der Waals surface area contributed by atoms with Gasteiger partial charge in [0, 0.05) is 13.0 Å². The van der Waals surface area contributed by atoms with Gasteiger partial charge in [0.1, 0.15) is 0 Å². The Balaban J connectivity index is 4.89. The molecule has 6 nitrogen and oxygen atoms in total. The molecule has 1 N–H and O–H groups in total. The molecule has 146 valence electrons. The predicted molar refractivity (Wildman–Crippen MR) is 99.7 cm³/mol. The Bertz CT molecular complexity index is 460. The number of aliphatic hydroxyl groups is 1. The number of esters is 2. The summed E-state index contributed by atoms with van der Waals surface area (Å²) in [5.74, 6) is -2.03. The fourth-order valence-corrected chi connectivity index (χ4v) is 2.89. The molecule has 0 rings (SSSR count). The molecular formula is C18H34O6Si. The summed E-state index contributed by atoms with van der Waals surface area (Å²) in [5, 5.41) is 10.6. The second-order valence-corrected chi connectivity index (χ2v) is 12.4. The number of hydrogen-bond acceptors (Lipinski definition) is 6. The van der Waals surface area contributed by atoms with Crippen molar-refractivity contribution >= 4 is 20.3 Å². The number of carbonyl (C=O) groups is 2. The first-order valence-corrected chi connectivity index (χ1v) is 11.6. The average Bonchev–Trinajstić information content (AvgIpc) is 2.46. The topological polar surface area (TPSA) is 82.1 Å². The summed E-state index contributed by atoms with van der Waals surface area (Å²) >= 11 is 0. The van der Waals surface area contributed by atoms with Gasteiger partial charge in [0.05, 0.1) is 13.2 Å². The van der Waals surface area contributed by atoms with Gasteiger partial charge in [-0.15, -0.1) is 0 Å². The molecule has 0 bridgehead atoms. The standard InChI is InChI=1S/C18H34O6Si/c1-9-22-15(19)18(21,16(20)23-10-2)13-14(3)11-12-24-25(7,8)17(4,5)6/h21H,3,9-13H2,1-2,4-8H3. The van der Waals surface area contributed by atoms with E-state index in [1.165, 1.54) is 0 Å². The summed E-state index contributed by atoms with van der Waals surface area (Å²) in [5.41, 5.74) is -1.83. The minimum atomic E-state index is -2.36. The predicted octanol–water partition coefficient (Wildman–Crippen LogP) is 3.20. The molecule has 0 amide bonds. The highest BCUT2D eigenvalue weighted by Gasteiger charge is 2.47. The van der Waals surface area contributed by atoms with Crippen LogP contribution in [0, 0.1) is 0 Å². The molecule has 0 atom stereocenters. The van der Waals surface area contributed by atoms with E-state index in [0.29, 0.717) is 18.6 Å². The van der Waals surface area contributed by atoms with Gasteiger partial charge in [-0.25, -0.2) is 9.59 Å². The van der Waals surface area contributed by atoms with Gasteiger partial charge in [-0.2, -0.15) is 0 Å². The first-order valence-electron chi connectivity index (χ1n) is 8.69. The fraction of sp³-hybridized carbons (Fsp3) is 0.778. The van der Waals surface area contributed by atoms with Crippen molar-refractivity contribution in [2.24, 2.45) is 0 Å². The van der Waals surface area contributed by atoms with Crippen LogP contribution in [0.2, 0.25) is 18.1 Å². The minimum Gasteiger partial charge on any atom is -0.463 e. The number of ether oxygens (including phenoxy) is 2. The zero-order chi connectivity index (χ0) is 19.9. The lowest BCUT2D eigenvalue weighted by Crippen LogP contribution is -2.49. The van der Waals surface area contributed by atoms with E-state index in [0.717, 1.165) is 0 Å². The Morgan fingerprint density at radius 1 is 1.04 bits per heavy atom. The number of carbonyl (C=O) groups excluding carboxylic acids is 2. The van der Waals surface area contributed by atoms with Crippen LogP contribution in [0.4, 0.5) is 0 Å². The zero-order valence-corrected chi connectivity index (χ0v) is 17.7. The van der Waals surface area contributed by atoms with Gasteiger partial charge in [0.25, 0.3) is 5.60 Å². The van der Waals surface area contributed by atoms with Crippen LogP contribution in [-0.4, -0.2) is 50.8 Å². The van der Waals surface area contributed by atoms with E-state index < -0.39 is 25.9 Å². The van der Waals surface area contributed by atoms with Crippen molar-refractivity contribution in [1.29, 1.82) is 0 Å². The van der Waals surface area contributed by atoms with Crippen molar-refractivity contribution in [3.63, 3.8) is 0 Å². The van der Waals surface area contributed by atoms with Crippen LogP contribution in [0.5, 0.6) is 0 Å². The van der Waals surface area contributed by atoms with Crippen molar-refractivity contribution in [2.75, 3.05) is 19.8 Å². The summed E-state index contributed by atoms with van der Waals surface area (Å²) in [7, 11) is -1.89. The van der Waals surface area contributed by atoms with Gasteiger partial charge >= 0.3 is 11.9 Å². The molecule has 0 radical (unpaired) electrons. The smallest absolute Gasteiger partial charge is 0.350 e. The lowest BCUT2D eigenvalue weighted by atomic mass is 9.94.